The highest BCUT2D eigenvalue weighted by atomic mass is 16.4. The van der Waals surface area contributed by atoms with Crippen LogP contribution in [0.25, 0.3) is 144 Å². The zero-order valence-electron chi connectivity index (χ0n) is 44.4. The van der Waals surface area contributed by atoms with Crippen LogP contribution in [0.2, 0.25) is 0 Å². The monoisotopic (exact) mass is 1030 g/mol. The van der Waals surface area contributed by atoms with E-state index in [2.05, 4.69) is 213 Å². The van der Waals surface area contributed by atoms with Crippen LogP contribution in [0.4, 0.5) is 0 Å². The molecule has 15 aromatic rings. The van der Waals surface area contributed by atoms with E-state index in [1.54, 1.807) is 0 Å². The molecule has 0 unspecified atom stereocenters. The van der Waals surface area contributed by atoms with Crippen molar-refractivity contribution >= 4 is 65.3 Å². The summed E-state index contributed by atoms with van der Waals surface area (Å²) in [6.07, 6.45) is 4.04. The molecule has 0 aliphatic carbocycles. The van der Waals surface area contributed by atoms with Crippen molar-refractivity contribution in [2.75, 3.05) is 0 Å². The molecule has 0 fully saturated rings. The van der Waals surface area contributed by atoms with Crippen LogP contribution in [-0.4, -0.2) is 19.9 Å². The molecule has 0 saturated heterocycles. The van der Waals surface area contributed by atoms with Gasteiger partial charge in [-0.2, -0.15) is 0 Å². The van der Waals surface area contributed by atoms with E-state index in [4.69, 9.17) is 18.8 Å². The molecule has 0 saturated carbocycles. The molecule has 0 N–H and O–H groups in total. The number of hydrogen-bond acceptors (Lipinski definition) is 6. The molecule has 0 amide bonds. The van der Waals surface area contributed by atoms with Crippen molar-refractivity contribution in [3.05, 3.63) is 267 Å². The average Bonchev–Trinajstić information content (AvgIpc) is 4.30. The second kappa shape index (κ2) is 19.9. The van der Waals surface area contributed by atoms with E-state index in [-0.39, 0.29) is 5.41 Å². The minimum absolute atomic E-state index is 0.0105. The minimum Gasteiger partial charge on any atom is -0.436 e. The first kappa shape index (κ1) is 48.1. The molecule has 0 spiro atoms. The van der Waals surface area contributed by atoms with Gasteiger partial charge in [-0.15, -0.1) is 0 Å². The van der Waals surface area contributed by atoms with Crippen LogP contribution in [0.5, 0.6) is 0 Å². The number of oxazole rings is 2. The Hall–Kier alpha value is -10.3. The second-order valence-electron chi connectivity index (χ2n) is 21.3. The Morgan fingerprint density at radius 2 is 0.600 bits per heavy atom. The van der Waals surface area contributed by atoms with Crippen LogP contribution in [0.15, 0.2) is 270 Å². The van der Waals surface area contributed by atoms with Gasteiger partial charge in [-0.1, -0.05) is 209 Å². The lowest BCUT2D eigenvalue weighted by Gasteiger charge is -2.20. The molecule has 6 heteroatoms. The van der Waals surface area contributed by atoms with Gasteiger partial charge in [-0.25, -0.2) is 9.97 Å². The van der Waals surface area contributed by atoms with E-state index in [1.165, 1.54) is 65.3 Å². The first-order chi connectivity index (χ1) is 39.3. The third-order valence-corrected chi connectivity index (χ3v) is 15.2. The Balaban J connectivity index is 0.000000144. The predicted molar refractivity (Wildman–Crippen MR) is 330 cm³/mol. The molecular weight excluding hydrogens is 977 g/mol. The molecule has 11 aromatic carbocycles. The first-order valence-electron chi connectivity index (χ1n) is 27.1. The maximum absolute atomic E-state index is 6.02. The Morgan fingerprint density at radius 1 is 0.275 bits per heavy atom. The van der Waals surface area contributed by atoms with Crippen molar-refractivity contribution in [2.24, 2.45) is 0 Å². The van der Waals surface area contributed by atoms with E-state index in [0.717, 1.165) is 72.5 Å². The summed E-state index contributed by atoms with van der Waals surface area (Å²) in [5.74, 6) is 1.27. The third-order valence-electron chi connectivity index (χ3n) is 15.2. The van der Waals surface area contributed by atoms with Gasteiger partial charge in [0, 0.05) is 51.3 Å². The van der Waals surface area contributed by atoms with Crippen LogP contribution >= 0.6 is 0 Å². The van der Waals surface area contributed by atoms with E-state index < -0.39 is 0 Å². The molecule has 0 aliphatic heterocycles. The van der Waals surface area contributed by atoms with Crippen molar-refractivity contribution in [2.45, 2.75) is 26.2 Å². The number of nitrogens with zero attached hydrogens (tertiary/aromatic N) is 4. The second-order valence-corrected chi connectivity index (χ2v) is 21.3. The van der Waals surface area contributed by atoms with Crippen LogP contribution in [0, 0.1) is 0 Å². The number of rotatable bonds is 7. The van der Waals surface area contributed by atoms with Gasteiger partial charge in [0.15, 0.2) is 11.2 Å². The number of pyridine rings is 2. The van der Waals surface area contributed by atoms with E-state index in [0.29, 0.717) is 11.8 Å². The van der Waals surface area contributed by atoms with Crippen molar-refractivity contribution in [1.82, 2.24) is 19.9 Å². The van der Waals surface area contributed by atoms with E-state index in [9.17, 15) is 0 Å². The number of benzene rings is 11. The highest BCUT2D eigenvalue weighted by Gasteiger charge is 2.21. The highest BCUT2D eigenvalue weighted by Crippen LogP contribution is 2.46. The normalized spacial score (nSPS) is 11.7. The molecule has 4 aromatic heterocycles. The zero-order chi connectivity index (χ0) is 53.7. The van der Waals surface area contributed by atoms with Crippen molar-refractivity contribution < 1.29 is 8.83 Å². The minimum atomic E-state index is 0.0105. The fourth-order valence-electron chi connectivity index (χ4n) is 11.4. The van der Waals surface area contributed by atoms with Gasteiger partial charge in [0.05, 0.1) is 5.69 Å². The summed E-state index contributed by atoms with van der Waals surface area (Å²) in [5.41, 5.74) is 17.9. The first-order valence-corrected chi connectivity index (χ1v) is 27.1. The Kier molecular flexibility index (Phi) is 12.0. The van der Waals surface area contributed by atoms with Gasteiger partial charge in [0.1, 0.15) is 11.0 Å². The molecular formula is C74H52N4O2. The van der Waals surface area contributed by atoms with Crippen LogP contribution in [0.3, 0.4) is 0 Å². The topological polar surface area (TPSA) is 77.8 Å². The molecule has 6 nitrogen and oxygen atoms in total. The lowest BCUT2D eigenvalue weighted by atomic mass is 9.85. The zero-order valence-corrected chi connectivity index (χ0v) is 44.4. The summed E-state index contributed by atoms with van der Waals surface area (Å²) >= 11 is 0. The largest absolute Gasteiger partial charge is 0.436 e. The molecule has 380 valence electrons. The third kappa shape index (κ3) is 8.73. The summed E-state index contributed by atoms with van der Waals surface area (Å²) < 4.78 is 12.0. The standard InChI is InChI=1S/C38H24N2O.C36H28N2O/c1-2-10-25(11-3-1)33-23-22-28(24-39-33)37-31-14-6-4-12-29(31)36(30-13-5-7-15-32(30)37)26-18-20-27(21-19-26)38-40-34-16-8-9-17-35(34)41-38;1-36(2,3)32-21-20-25(22-37-32)34-28-12-6-4-10-26(28)33(27-11-5-7-13-29(27)34)23-16-18-24(19-17-23)35-38-30-14-8-9-15-31(30)39-35/h1-24H;4-22H,1-3H3. The molecule has 0 atom stereocenters. The molecule has 0 bridgehead atoms. The lowest BCUT2D eigenvalue weighted by molar-refractivity contribution is 0.569. The number of hydrogen-bond donors (Lipinski definition) is 0. The van der Waals surface area contributed by atoms with Gasteiger partial charge in [-0.05, 0) is 137 Å². The summed E-state index contributed by atoms with van der Waals surface area (Å²) in [7, 11) is 0. The summed E-state index contributed by atoms with van der Waals surface area (Å²) in [6, 6.07) is 86.6. The summed E-state index contributed by atoms with van der Waals surface area (Å²) in [6.45, 7) is 6.60. The highest BCUT2D eigenvalue weighted by molar-refractivity contribution is 6.22. The number of fused-ring (bicyclic) bond motifs is 6. The van der Waals surface area contributed by atoms with Gasteiger partial charge in [0.25, 0.3) is 0 Å². The van der Waals surface area contributed by atoms with Gasteiger partial charge in [0.2, 0.25) is 11.8 Å². The summed E-state index contributed by atoms with van der Waals surface area (Å²) in [5, 5.41) is 9.73. The molecule has 0 aliphatic rings. The fraction of sp³-hybridized carbons (Fsp3) is 0.0541. The van der Waals surface area contributed by atoms with Crippen LogP contribution in [0.1, 0.15) is 26.5 Å². The van der Waals surface area contributed by atoms with Crippen molar-refractivity contribution in [3.8, 4) is 78.7 Å². The van der Waals surface area contributed by atoms with Gasteiger partial charge in [-0.3, -0.25) is 9.97 Å². The molecule has 4 heterocycles. The van der Waals surface area contributed by atoms with Crippen molar-refractivity contribution in [3.63, 3.8) is 0 Å². The predicted octanol–water partition coefficient (Wildman–Crippen LogP) is 20.0. The van der Waals surface area contributed by atoms with Crippen LogP contribution < -0.4 is 0 Å². The Labute approximate surface area is 463 Å². The van der Waals surface area contributed by atoms with Gasteiger partial charge < -0.3 is 8.83 Å². The van der Waals surface area contributed by atoms with Gasteiger partial charge >= 0.3 is 0 Å². The molecule has 0 radical (unpaired) electrons. The van der Waals surface area contributed by atoms with E-state index in [1.807, 2.05) is 79.1 Å². The summed E-state index contributed by atoms with van der Waals surface area (Å²) in [4.78, 5) is 19.1. The number of aromatic nitrogens is 4. The fourth-order valence-corrected chi connectivity index (χ4v) is 11.4. The maximum Gasteiger partial charge on any atom is 0.227 e. The maximum atomic E-state index is 6.02. The van der Waals surface area contributed by atoms with E-state index >= 15 is 0 Å². The van der Waals surface area contributed by atoms with Crippen molar-refractivity contribution in [1.29, 1.82) is 0 Å². The lowest BCUT2D eigenvalue weighted by Crippen LogP contribution is -2.12. The SMILES string of the molecule is CC(C)(C)c1ccc(-c2c3ccccc3c(-c3ccc(-c4nc5ccccc5o4)cc3)c3ccccc23)cn1.c1ccc(-c2ccc(-c3c4ccccc4c(-c4ccc(-c5nc6ccccc6o5)cc4)c4ccccc34)cn2)cc1. The quantitative estimate of drug-likeness (QED) is 0.148. The average molecular weight is 1030 g/mol. The number of para-hydroxylation sites is 4. The Morgan fingerprint density at radius 3 is 0.950 bits per heavy atom. The van der Waals surface area contributed by atoms with Crippen LogP contribution in [-0.2, 0) is 5.41 Å². The molecule has 15 rings (SSSR count). The molecule has 80 heavy (non-hydrogen) atoms. The smallest absolute Gasteiger partial charge is 0.227 e. The Bertz CT molecular complexity index is 4590.